The summed E-state index contributed by atoms with van der Waals surface area (Å²) in [5, 5.41) is 6.81. The number of carbonyl (C=O) groups excluding carboxylic acids is 2. The fraction of sp³-hybridized carbons (Fsp3) is 0.421. The standard InChI is InChI=1S/C38H46N4O5/c1-45-34-17-15-33(16-18-34)40-38(44)42-22-6-5-21-39-36(29-47-26-20-37(43)41-24-27-46-28-25-41)35(19-23-42)32-13-11-31(12-14-32)10-9-30-7-3-2-4-8-30/h2-4,7-8,11-18,35-36,39H,5-6,19-29H2,1H3,(H,40,44)/t35-,36?/m0/s1. The van der Waals surface area contributed by atoms with Crippen LogP contribution in [-0.2, 0) is 14.3 Å². The molecule has 2 aliphatic heterocycles. The highest BCUT2D eigenvalue weighted by molar-refractivity contribution is 5.89. The second-order valence-electron chi connectivity index (χ2n) is 11.9. The van der Waals surface area contributed by atoms with Gasteiger partial charge in [-0.25, -0.2) is 4.79 Å². The van der Waals surface area contributed by atoms with Crippen LogP contribution >= 0.6 is 0 Å². The van der Waals surface area contributed by atoms with Crippen molar-refractivity contribution in [2.45, 2.75) is 37.6 Å². The monoisotopic (exact) mass is 638 g/mol. The summed E-state index contributed by atoms with van der Waals surface area (Å²) >= 11 is 0. The molecule has 9 nitrogen and oxygen atoms in total. The molecule has 2 saturated heterocycles. The molecule has 1 unspecified atom stereocenters. The lowest BCUT2D eigenvalue weighted by Crippen LogP contribution is -2.44. The molecule has 2 N–H and O–H groups in total. The molecule has 2 fully saturated rings. The first-order valence-electron chi connectivity index (χ1n) is 16.6. The van der Waals surface area contributed by atoms with E-state index in [2.05, 4.69) is 46.7 Å². The maximum Gasteiger partial charge on any atom is 0.321 e. The van der Waals surface area contributed by atoms with E-state index in [1.807, 2.05) is 64.4 Å². The number of amides is 3. The number of ether oxygens (including phenoxy) is 3. The van der Waals surface area contributed by atoms with Crippen molar-refractivity contribution in [1.29, 1.82) is 0 Å². The van der Waals surface area contributed by atoms with Crippen molar-refractivity contribution in [3.8, 4) is 17.6 Å². The van der Waals surface area contributed by atoms with Crippen LogP contribution in [0.4, 0.5) is 10.5 Å². The molecule has 47 heavy (non-hydrogen) atoms. The Kier molecular flexibility index (Phi) is 13.1. The zero-order valence-corrected chi connectivity index (χ0v) is 27.3. The van der Waals surface area contributed by atoms with E-state index < -0.39 is 0 Å². The number of anilines is 1. The molecule has 3 aromatic carbocycles. The SMILES string of the molecule is COc1ccc(NC(=O)N2CCCCNC(COCCC(=O)N3CCOCC3)[C@H](c3ccc(C#Cc4ccccc4)cc3)CC2)cc1. The molecule has 9 heteroatoms. The van der Waals surface area contributed by atoms with E-state index in [1.165, 1.54) is 0 Å². The van der Waals surface area contributed by atoms with Gasteiger partial charge in [0.25, 0.3) is 0 Å². The Labute approximate surface area is 278 Å². The molecule has 3 aromatic rings. The number of morpholine rings is 1. The lowest BCUT2D eigenvalue weighted by molar-refractivity contribution is -0.136. The summed E-state index contributed by atoms with van der Waals surface area (Å²) in [5.74, 6) is 7.44. The normalized spacial score (nSPS) is 18.8. The van der Waals surface area contributed by atoms with Crippen LogP contribution in [0.5, 0.6) is 5.75 Å². The van der Waals surface area contributed by atoms with Crippen LogP contribution in [0.25, 0.3) is 0 Å². The molecule has 0 aromatic heterocycles. The van der Waals surface area contributed by atoms with E-state index in [0.717, 1.165) is 53.9 Å². The minimum absolute atomic E-state index is 0.0133. The van der Waals surface area contributed by atoms with Crippen LogP contribution < -0.4 is 15.4 Å². The van der Waals surface area contributed by atoms with Crippen LogP contribution in [0.15, 0.2) is 78.9 Å². The van der Waals surface area contributed by atoms with Crippen molar-refractivity contribution in [3.63, 3.8) is 0 Å². The summed E-state index contributed by atoms with van der Waals surface area (Å²) in [4.78, 5) is 29.9. The largest absolute Gasteiger partial charge is 0.497 e. The van der Waals surface area contributed by atoms with E-state index in [4.69, 9.17) is 14.2 Å². The number of urea groups is 1. The molecule has 2 heterocycles. The number of hydrogen-bond acceptors (Lipinski definition) is 6. The number of nitrogens with zero attached hydrogens (tertiary/aromatic N) is 2. The van der Waals surface area contributed by atoms with Gasteiger partial charge in [0, 0.05) is 55.0 Å². The second kappa shape index (κ2) is 18.1. The van der Waals surface area contributed by atoms with Gasteiger partial charge < -0.3 is 34.6 Å². The molecule has 2 aliphatic rings. The third-order valence-electron chi connectivity index (χ3n) is 8.67. The van der Waals surface area contributed by atoms with Crippen molar-refractivity contribution in [2.75, 3.05) is 71.6 Å². The average molecular weight is 639 g/mol. The molecule has 0 radical (unpaired) electrons. The molecule has 3 amide bonds. The van der Waals surface area contributed by atoms with Crippen molar-refractivity contribution in [2.24, 2.45) is 0 Å². The van der Waals surface area contributed by atoms with Crippen molar-refractivity contribution in [1.82, 2.24) is 15.1 Å². The van der Waals surface area contributed by atoms with Crippen LogP contribution in [0, 0.1) is 11.8 Å². The molecular formula is C38H46N4O5. The van der Waals surface area contributed by atoms with Crippen molar-refractivity contribution >= 4 is 17.6 Å². The summed E-state index contributed by atoms with van der Waals surface area (Å²) < 4.78 is 16.8. The Hall–Kier alpha value is -4.36. The Balaban J connectivity index is 1.28. The molecule has 0 saturated carbocycles. The topological polar surface area (TPSA) is 92.4 Å². The van der Waals surface area contributed by atoms with Crippen LogP contribution in [0.1, 0.15) is 48.3 Å². The number of hydrogen-bond donors (Lipinski definition) is 2. The zero-order valence-electron chi connectivity index (χ0n) is 27.3. The van der Waals surface area contributed by atoms with Crippen LogP contribution in [0.2, 0.25) is 0 Å². The smallest absolute Gasteiger partial charge is 0.321 e. The molecule has 0 aliphatic carbocycles. The first-order chi connectivity index (χ1) is 23.1. The zero-order chi connectivity index (χ0) is 32.7. The minimum atomic E-state index is -0.108. The van der Waals surface area contributed by atoms with E-state index >= 15 is 0 Å². The third kappa shape index (κ3) is 10.6. The highest BCUT2D eigenvalue weighted by atomic mass is 16.5. The van der Waals surface area contributed by atoms with Crippen LogP contribution in [0.3, 0.4) is 0 Å². The molecule has 5 rings (SSSR count). The van der Waals surface area contributed by atoms with Gasteiger partial charge in [-0.15, -0.1) is 0 Å². The van der Waals surface area contributed by atoms with Gasteiger partial charge in [0.15, 0.2) is 0 Å². The summed E-state index contributed by atoms with van der Waals surface area (Å²) in [5.41, 5.74) is 3.82. The van der Waals surface area contributed by atoms with Crippen molar-refractivity contribution < 1.29 is 23.8 Å². The molecule has 0 spiro atoms. The van der Waals surface area contributed by atoms with Gasteiger partial charge in [0.1, 0.15) is 5.75 Å². The van der Waals surface area contributed by atoms with Gasteiger partial charge in [-0.2, -0.15) is 0 Å². The first kappa shape index (κ1) is 34.0. The van der Waals surface area contributed by atoms with Gasteiger partial charge in [-0.3, -0.25) is 4.79 Å². The Morgan fingerprint density at radius 2 is 1.60 bits per heavy atom. The van der Waals surface area contributed by atoms with Gasteiger partial charge >= 0.3 is 6.03 Å². The second-order valence-corrected chi connectivity index (χ2v) is 11.9. The van der Waals surface area contributed by atoms with E-state index in [-0.39, 0.29) is 23.9 Å². The summed E-state index contributed by atoms with van der Waals surface area (Å²) in [6.07, 6.45) is 2.92. The van der Waals surface area contributed by atoms with Crippen LogP contribution in [-0.4, -0.2) is 94.0 Å². The predicted octanol–water partition coefficient (Wildman–Crippen LogP) is 5.12. The molecule has 0 bridgehead atoms. The fourth-order valence-electron chi connectivity index (χ4n) is 5.94. The van der Waals surface area contributed by atoms with Crippen molar-refractivity contribution in [3.05, 3.63) is 95.6 Å². The summed E-state index contributed by atoms with van der Waals surface area (Å²) in [6, 6.07) is 25.7. The van der Waals surface area contributed by atoms with E-state index in [1.54, 1.807) is 7.11 Å². The highest BCUT2D eigenvalue weighted by Crippen LogP contribution is 2.27. The van der Waals surface area contributed by atoms with Gasteiger partial charge in [-0.05, 0) is 79.9 Å². The Morgan fingerprint density at radius 1 is 0.872 bits per heavy atom. The number of rotatable bonds is 8. The van der Waals surface area contributed by atoms with E-state index in [0.29, 0.717) is 59.0 Å². The molecule has 248 valence electrons. The number of nitrogens with one attached hydrogen (secondary N) is 2. The summed E-state index contributed by atoms with van der Waals surface area (Å²) in [6.45, 7) is 5.37. The van der Waals surface area contributed by atoms with E-state index in [9.17, 15) is 9.59 Å². The minimum Gasteiger partial charge on any atom is -0.497 e. The average Bonchev–Trinajstić information content (AvgIpc) is 3.12. The maximum atomic E-state index is 13.4. The highest BCUT2D eigenvalue weighted by Gasteiger charge is 2.27. The molecule has 2 atom stereocenters. The lowest BCUT2D eigenvalue weighted by Gasteiger charge is -2.33. The quantitative estimate of drug-likeness (QED) is 0.263. The Morgan fingerprint density at radius 3 is 2.32 bits per heavy atom. The number of carbonyl (C=O) groups is 2. The number of methoxy groups -OCH3 is 1. The molecular weight excluding hydrogens is 592 g/mol. The first-order valence-corrected chi connectivity index (χ1v) is 16.6. The number of benzene rings is 3. The van der Waals surface area contributed by atoms with Gasteiger partial charge in [-0.1, -0.05) is 42.2 Å². The predicted molar refractivity (Wildman–Crippen MR) is 184 cm³/mol. The Bertz CT molecular complexity index is 1460. The van der Waals surface area contributed by atoms with Gasteiger partial charge in [0.2, 0.25) is 5.91 Å². The fourth-order valence-corrected chi connectivity index (χ4v) is 5.94. The summed E-state index contributed by atoms with van der Waals surface area (Å²) in [7, 11) is 1.62. The maximum absolute atomic E-state index is 13.4. The third-order valence-corrected chi connectivity index (χ3v) is 8.67. The lowest BCUT2D eigenvalue weighted by atomic mass is 9.87. The van der Waals surface area contributed by atoms with Gasteiger partial charge in [0.05, 0.1) is 40.0 Å².